The van der Waals surface area contributed by atoms with E-state index in [0.717, 1.165) is 5.56 Å². The standard InChI is InChI=1S/C17H17ClN2O2/c1-17(2)16(21)20(10-11-5-3-4-6-13(11)18)14-8-7-12(19)9-15(14)22-17/h3-9H,10,19H2,1-2H3. The summed E-state index contributed by atoms with van der Waals surface area (Å²) in [5.74, 6) is 0.501. The fraction of sp³-hybridized carbons (Fsp3) is 0.235. The molecular formula is C17H17ClN2O2. The first-order valence-electron chi connectivity index (χ1n) is 7.02. The molecule has 3 rings (SSSR count). The van der Waals surface area contributed by atoms with Crippen molar-refractivity contribution in [3.8, 4) is 5.75 Å². The SMILES string of the molecule is CC1(C)Oc2cc(N)ccc2N(Cc2ccccc2Cl)C1=O. The number of carbonyl (C=O) groups is 1. The third-order valence-electron chi connectivity index (χ3n) is 3.69. The van der Waals surface area contributed by atoms with Crippen LogP contribution < -0.4 is 15.4 Å². The van der Waals surface area contributed by atoms with E-state index >= 15 is 0 Å². The molecule has 0 saturated carbocycles. The topological polar surface area (TPSA) is 55.6 Å². The first-order chi connectivity index (χ1) is 10.4. The molecule has 1 heterocycles. The van der Waals surface area contributed by atoms with Crippen LogP contribution in [0.25, 0.3) is 0 Å². The lowest BCUT2D eigenvalue weighted by atomic mass is 10.0. The van der Waals surface area contributed by atoms with E-state index in [4.69, 9.17) is 22.1 Å². The van der Waals surface area contributed by atoms with Crippen LogP contribution in [0.1, 0.15) is 19.4 Å². The number of hydrogen-bond acceptors (Lipinski definition) is 3. The number of amides is 1. The van der Waals surface area contributed by atoms with Gasteiger partial charge in [0.05, 0.1) is 12.2 Å². The number of anilines is 2. The van der Waals surface area contributed by atoms with Gasteiger partial charge in [0.1, 0.15) is 5.75 Å². The Morgan fingerprint density at radius 3 is 2.68 bits per heavy atom. The Balaban J connectivity index is 2.06. The van der Waals surface area contributed by atoms with Gasteiger partial charge in [0.2, 0.25) is 0 Å². The van der Waals surface area contributed by atoms with Gasteiger partial charge in [0, 0.05) is 16.8 Å². The van der Waals surface area contributed by atoms with Crippen molar-refractivity contribution in [2.24, 2.45) is 0 Å². The second-order valence-corrected chi connectivity index (χ2v) is 6.23. The maximum absolute atomic E-state index is 12.7. The molecule has 0 fully saturated rings. The summed E-state index contributed by atoms with van der Waals surface area (Å²) < 4.78 is 5.81. The van der Waals surface area contributed by atoms with Crippen LogP contribution in [0.15, 0.2) is 42.5 Å². The van der Waals surface area contributed by atoms with Crippen LogP contribution in [-0.2, 0) is 11.3 Å². The number of nitrogen functional groups attached to an aromatic ring is 1. The second-order valence-electron chi connectivity index (χ2n) is 5.82. The van der Waals surface area contributed by atoms with Crippen molar-refractivity contribution in [1.82, 2.24) is 0 Å². The Kier molecular flexibility index (Phi) is 3.49. The number of carbonyl (C=O) groups excluding carboxylic acids is 1. The lowest BCUT2D eigenvalue weighted by Gasteiger charge is -2.39. The lowest BCUT2D eigenvalue weighted by Crippen LogP contribution is -2.52. The molecule has 0 atom stereocenters. The zero-order chi connectivity index (χ0) is 15.9. The minimum absolute atomic E-state index is 0.107. The summed E-state index contributed by atoms with van der Waals surface area (Å²) in [5, 5.41) is 0.636. The molecule has 0 aliphatic carbocycles. The molecule has 2 N–H and O–H groups in total. The van der Waals surface area contributed by atoms with Gasteiger partial charge >= 0.3 is 0 Å². The van der Waals surface area contributed by atoms with Crippen LogP contribution >= 0.6 is 11.6 Å². The highest BCUT2D eigenvalue weighted by molar-refractivity contribution is 6.31. The van der Waals surface area contributed by atoms with Gasteiger partial charge < -0.3 is 15.4 Å². The third kappa shape index (κ3) is 2.50. The van der Waals surface area contributed by atoms with Gasteiger partial charge in [-0.05, 0) is 37.6 Å². The highest BCUT2D eigenvalue weighted by Crippen LogP contribution is 2.40. The van der Waals surface area contributed by atoms with E-state index < -0.39 is 5.60 Å². The molecule has 4 nitrogen and oxygen atoms in total. The summed E-state index contributed by atoms with van der Waals surface area (Å²) in [6.45, 7) is 3.89. The average Bonchev–Trinajstić information content (AvgIpc) is 2.45. The van der Waals surface area contributed by atoms with Crippen LogP contribution in [-0.4, -0.2) is 11.5 Å². The van der Waals surface area contributed by atoms with E-state index in [-0.39, 0.29) is 5.91 Å². The smallest absolute Gasteiger partial charge is 0.271 e. The zero-order valence-electron chi connectivity index (χ0n) is 12.5. The minimum atomic E-state index is -0.942. The number of nitrogens with two attached hydrogens (primary N) is 1. The fourth-order valence-electron chi connectivity index (χ4n) is 2.54. The molecule has 0 saturated heterocycles. The number of fused-ring (bicyclic) bond motifs is 1. The third-order valence-corrected chi connectivity index (χ3v) is 4.05. The molecule has 114 valence electrons. The van der Waals surface area contributed by atoms with Crippen molar-refractivity contribution in [3.05, 3.63) is 53.1 Å². The number of halogens is 1. The van der Waals surface area contributed by atoms with Gasteiger partial charge in [0.25, 0.3) is 5.91 Å². The molecule has 1 amide bonds. The van der Waals surface area contributed by atoms with Gasteiger partial charge in [-0.25, -0.2) is 0 Å². The van der Waals surface area contributed by atoms with Crippen LogP contribution in [0.4, 0.5) is 11.4 Å². The predicted octanol–water partition coefficient (Wildman–Crippen LogP) is 3.63. The van der Waals surface area contributed by atoms with Gasteiger partial charge in [0.15, 0.2) is 5.60 Å². The Labute approximate surface area is 134 Å². The summed E-state index contributed by atoms with van der Waals surface area (Å²) in [6.07, 6.45) is 0. The molecule has 1 aliphatic rings. The molecule has 2 aromatic rings. The molecule has 1 aliphatic heterocycles. The monoisotopic (exact) mass is 316 g/mol. The number of benzene rings is 2. The number of nitrogens with zero attached hydrogens (tertiary/aromatic N) is 1. The maximum Gasteiger partial charge on any atom is 0.271 e. The van der Waals surface area contributed by atoms with Crippen molar-refractivity contribution in [2.75, 3.05) is 10.6 Å². The first-order valence-corrected chi connectivity index (χ1v) is 7.40. The molecule has 0 aromatic heterocycles. The van der Waals surface area contributed by atoms with Crippen molar-refractivity contribution in [3.63, 3.8) is 0 Å². The summed E-state index contributed by atoms with van der Waals surface area (Å²) in [5.41, 5.74) is 7.07. The van der Waals surface area contributed by atoms with Gasteiger partial charge in [-0.15, -0.1) is 0 Å². The Bertz CT molecular complexity index is 743. The molecule has 22 heavy (non-hydrogen) atoms. The normalized spacial score (nSPS) is 16.1. The highest BCUT2D eigenvalue weighted by atomic mass is 35.5. The zero-order valence-corrected chi connectivity index (χ0v) is 13.2. The molecule has 0 radical (unpaired) electrons. The van der Waals surface area contributed by atoms with Crippen molar-refractivity contribution in [1.29, 1.82) is 0 Å². The largest absolute Gasteiger partial charge is 0.476 e. The Hall–Kier alpha value is -2.20. The van der Waals surface area contributed by atoms with Crippen molar-refractivity contribution in [2.45, 2.75) is 26.0 Å². The summed E-state index contributed by atoms with van der Waals surface area (Å²) in [6, 6.07) is 12.8. The van der Waals surface area contributed by atoms with E-state index in [1.807, 2.05) is 24.3 Å². The Morgan fingerprint density at radius 1 is 1.23 bits per heavy atom. The first kappa shape index (κ1) is 14.7. The van der Waals surface area contributed by atoms with E-state index in [1.54, 1.807) is 36.9 Å². The summed E-state index contributed by atoms with van der Waals surface area (Å²) >= 11 is 6.23. The minimum Gasteiger partial charge on any atom is -0.476 e. The average molecular weight is 317 g/mol. The van der Waals surface area contributed by atoms with Gasteiger partial charge in [-0.1, -0.05) is 29.8 Å². The lowest BCUT2D eigenvalue weighted by molar-refractivity contribution is -0.132. The Morgan fingerprint density at radius 2 is 1.95 bits per heavy atom. The van der Waals surface area contributed by atoms with Crippen molar-refractivity contribution >= 4 is 28.9 Å². The fourth-order valence-corrected chi connectivity index (χ4v) is 2.74. The van der Waals surface area contributed by atoms with Crippen LogP contribution in [0, 0.1) is 0 Å². The highest BCUT2D eigenvalue weighted by Gasteiger charge is 2.41. The van der Waals surface area contributed by atoms with E-state index in [2.05, 4.69) is 0 Å². The molecule has 0 unspecified atom stereocenters. The van der Waals surface area contributed by atoms with Crippen LogP contribution in [0.2, 0.25) is 5.02 Å². The van der Waals surface area contributed by atoms with Gasteiger partial charge in [-0.2, -0.15) is 0 Å². The number of hydrogen-bond donors (Lipinski definition) is 1. The summed E-state index contributed by atoms with van der Waals surface area (Å²) in [7, 11) is 0. The maximum atomic E-state index is 12.7. The molecule has 0 bridgehead atoms. The molecule has 0 spiro atoms. The summed E-state index contributed by atoms with van der Waals surface area (Å²) in [4.78, 5) is 14.4. The van der Waals surface area contributed by atoms with Crippen LogP contribution in [0.3, 0.4) is 0 Å². The number of ether oxygens (including phenoxy) is 1. The van der Waals surface area contributed by atoms with E-state index in [0.29, 0.717) is 28.7 Å². The van der Waals surface area contributed by atoms with Crippen LogP contribution in [0.5, 0.6) is 5.75 Å². The van der Waals surface area contributed by atoms with E-state index in [9.17, 15) is 4.79 Å². The van der Waals surface area contributed by atoms with E-state index in [1.165, 1.54) is 0 Å². The predicted molar refractivity (Wildman–Crippen MR) is 88.2 cm³/mol. The van der Waals surface area contributed by atoms with Gasteiger partial charge in [-0.3, -0.25) is 4.79 Å². The quantitative estimate of drug-likeness (QED) is 0.861. The molecular weight excluding hydrogens is 300 g/mol. The number of rotatable bonds is 2. The second kappa shape index (κ2) is 5.21. The molecule has 2 aromatic carbocycles. The van der Waals surface area contributed by atoms with Crippen molar-refractivity contribution < 1.29 is 9.53 Å². The molecule has 5 heteroatoms.